The molecule has 0 aromatic heterocycles. The molecule has 27 heavy (non-hydrogen) atoms. The Bertz CT molecular complexity index is 701. The molecule has 2 aromatic carbocycles. The van der Waals surface area contributed by atoms with E-state index in [0.717, 1.165) is 31.5 Å². The molecule has 1 atom stereocenters. The molecule has 1 heterocycles. The Morgan fingerprint density at radius 1 is 1.04 bits per heavy atom. The highest BCUT2D eigenvalue weighted by atomic mass is 35.5. The van der Waals surface area contributed by atoms with E-state index in [1.54, 1.807) is 0 Å². The quantitative estimate of drug-likeness (QED) is 0.830. The van der Waals surface area contributed by atoms with Gasteiger partial charge < -0.3 is 15.5 Å². The molecule has 1 amide bonds. The van der Waals surface area contributed by atoms with Crippen LogP contribution in [0.5, 0.6) is 0 Å². The van der Waals surface area contributed by atoms with Crippen molar-refractivity contribution in [3.05, 3.63) is 65.7 Å². The lowest BCUT2D eigenvalue weighted by Gasteiger charge is -2.38. The number of carbonyl (C=O) groups excluding carboxylic acids is 1. The molecule has 2 N–H and O–H groups in total. The Morgan fingerprint density at radius 3 is 2.15 bits per heavy atom. The first-order valence-corrected chi connectivity index (χ1v) is 8.95. The summed E-state index contributed by atoms with van der Waals surface area (Å²) in [6.45, 7) is 3.56. The first-order chi connectivity index (χ1) is 12.1. The van der Waals surface area contributed by atoms with Gasteiger partial charge in [-0.2, -0.15) is 0 Å². The third-order valence-corrected chi connectivity index (χ3v) is 5.19. The molecule has 6 heteroatoms. The zero-order chi connectivity index (χ0) is 17.8. The average Bonchev–Trinajstić information content (AvgIpc) is 2.67. The van der Waals surface area contributed by atoms with E-state index in [-0.39, 0.29) is 30.7 Å². The maximum Gasteiger partial charge on any atom is 0.244 e. The summed E-state index contributed by atoms with van der Waals surface area (Å²) in [7, 11) is 2.13. The Balaban J connectivity index is 0.00000182. The highest BCUT2D eigenvalue weighted by molar-refractivity contribution is 5.85. The maximum absolute atomic E-state index is 12.7. The number of rotatable bonds is 4. The van der Waals surface area contributed by atoms with Gasteiger partial charge in [-0.1, -0.05) is 48.0 Å². The predicted molar refractivity (Wildman–Crippen MR) is 117 cm³/mol. The summed E-state index contributed by atoms with van der Waals surface area (Å²) in [5.41, 5.74) is 9.49. The predicted octanol–water partition coefficient (Wildman–Crippen LogP) is 3.97. The molecule has 4 nitrogen and oxygen atoms in total. The zero-order valence-corrected chi connectivity index (χ0v) is 17.5. The van der Waals surface area contributed by atoms with Gasteiger partial charge in [0, 0.05) is 31.9 Å². The van der Waals surface area contributed by atoms with Gasteiger partial charge in [0.15, 0.2) is 0 Å². The molecule has 3 rings (SSSR count). The van der Waals surface area contributed by atoms with E-state index in [2.05, 4.69) is 36.2 Å². The number of amides is 1. The van der Waals surface area contributed by atoms with Crippen LogP contribution in [0.2, 0.25) is 0 Å². The maximum atomic E-state index is 12.7. The molecule has 148 valence electrons. The van der Waals surface area contributed by atoms with Crippen LogP contribution in [0.4, 0.5) is 5.69 Å². The molecular weight excluding hydrogens is 381 g/mol. The normalized spacial score (nSPS) is 15.3. The number of halogens is 2. The Kier molecular flexibility index (Phi) is 9.10. The van der Waals surface area contributed by atoms with Crippen LogP contribution in [-0.2, 0) is 4.79 Å². The summed E-state index contributed by atoms with van der Waals surface area (Å²) in [5.74, 6) is 0.0321. The number of carbonyl (C=O) groups is 1. The van der Waals surface area contributed by atoms with Crippen molar-refractivity contribution in [3.63, 3.8) is 0 Å². The molecule has 1 aliphatic rings. The van der Waals surface area contributed by atoms with Gasteiger partial charge in [0.05, 0.1) is 0 Å². The van der Waals surface area contributed by atoms with Crippen molar-refractivity contribution in [2.45, 2.75) is 31.8 Å². The second kappa shape index (κ2) is 10.5. The summed E-state index contributed by atoms with van der Waals surface area (Å²) in [6, 6.07) is 18.2. The second-order valence-electron chi connectivity index (χ2n) is 6.89. The lowest BCUT2D eigenvalue weighted by atomic mass is 10.00. The van der Waals surface area contributed by atoms with Crippen molar-refractivity contribution >= 4 is 36.4 Å². The van der Waals surface area contributed by atoms with Crippen LogP contribution < -0.4 is 10.6 Å². The number of hydrogen-bond donors (Lipinski definition) is 1. The minimum atomic E-state index is -0.566. The SMILES string of the molecule is Cc1ccc(C(N)C(=O)N2CCC(N(C)c3ccccc3)CC2)cc1.Cl.Cl. The third-order valence-electron chi connectivity index (χ3n) is 5.19. The Labute approximate surface area is 174 Å². The molecule has 0 aliphatic carbocycles. The molecule has 1 saturated heterocycles. The van der Waals surface area contributed by atoms with Crippen molar-refractivity contribution < 1.29 is 4.79 Å². The van der Waals surface area contributed by atoms with Crippen LogP contribution in [0.3, 0.4) is 0 Å². The number of hydrogen-bond acceptors (Lipinski definition) is 3. The first-order valence-electron chi connectivity index (χ1n) is 8.95. The highest BCUT2D eigenvalue weighted by Crippen LogP contribution is 2.23. The van der Waals surface area contributed by atoms with Gasteiger partial charge in [0.1, 0.15) is 6.04 Å². The van der Waals surface area contributed by atoms with Gasteiger partial charge in [-0.15, -0.1) is 24.8 Å². The van der Waals surface area contributed by atoms with E-state index in [4.69, 9.17) is 5.73 Å². The Hall–Kier alpha value is -1.75. The molecule has 0 saturated carbocycles. The van der Waals surface area contributed by atoms with E-state index < -0.39 is 6.04 Å². The topological polar surface area (TPSA) is 49.6 Å². The molecule has 1 unspecified atom stereocenters. The number of benzene rings is 2. The molecule has 1 fully saturated rings. The van der Waals surface area contributed by atoms with Crippen LogP contribution in [0, 0.1) is 6.92 Å². The lowest BCUT2D eigenvalue weighted by molar-refractivity contribution is -0.133. The number of aryl methyl sites for hydroxylation is 1. The second-order valence-corrected chi connectivity index (χ2v) is 6.89. The van der Waals surface area contributed by atoms with E-state index in [1.165, 1.54) is 11.3 Å². The van der Waals surface area contributed by atoms with Crippen molar-refractivity contribution in [1.29, 1.82) is 0 Å². The fourth-order valence-corrected chi connectivity index (χ4v) is 3.46. The summed E-state index contributed by atoms with van der Waals surface area (Å²) >= 11 is 0. The van der Waals surface area contributed by atoms with Crippen LogP contribution in [0.25, 0.3) is 0 Å². The zero-order valence-electron chi connectivity index (χ0n) is 15.9. The molecular formula is C21H29Cl2N3O. The van der Waals surface area contributed by atoms with Crippen molar-refractivity contribution in [2.75, 3.05) is 25.0 Å². The average molecular weight is 410 g/mol. The fraction of sp³-hybridized carbons (Fsp3) is 0.381. The molecule has 0 spiro atoms. The Morgan fingerprint density at radius 2 is 1.59 bits per heavy atom. The highest BCUT2D eigenvalue weighted by Gasteiger charge is 2.28. The van der Waals surface area contributed by atoms with Crippen LogP contribution in [-0.4, -0.2) is 37.0 Å². The number of nitrogens with zero attached hydrogens (tertiary/aromatic N) is 2. The number of anilines is 1. The number of likely N-dealkylation sites (tertiary alicyclic amines) is 1. The van der Waals surface area contributed by atoms with Gasteiger partial charge in [-0.25, -0.2) is 0 Å². The number of nitrogens with two attached hydrogens (primary N) is 1. The molecule has 2 aromatic rings. The van der Waals surface area contributed by atoms with Crippen molar-refractivity contribution in [3.8, 4) is 0 Å². The van der Waals surface area contributed by atoms with Crippen molar-refractivity contribution in [1.82, 2.24) is 4.90 Å². The minimum absolute atomic E-state index is 0. The van der Waals surface area contributed by atoms with E-state index >= 15 is 0 Å². The van der Waals surface area contributed by atoms with Gasteiger partial charge in [0.25, 0.3) is 0 Å². The minimum Gasteiger partial charge on any atom is -0.371 e. The molecule has 0 radical (unpaired) electrons. The summed E-state index contributed by atoms with van der Waals surface area (Å²) < 4.78 is 0. The molecule has 0 bridgehead atoms. The van der Waals surface area contributed by atoms with Crippen LogP contribution >= 0.6 is 24.8 Å². The van der Waals surface area contributed by atoms with Crippen molar-refractivity contribution in [2.24, 2.45) is 5.73 Å². The monoisotopic (exact) mass is 409 g/mol. The summed E-state index contributed by atoms with van der Waals surface area (Å²) in [6.07, 6.45) is 1.94. The fourth-order valence-electron chi connectivity index (χ4n) is 3.46. The van der Waals surface area contributed by atoms with E-state index in [0.29, 0.717) is 6.04 Å². The molecule has 1 aliphatic heterocycles. The number of para-hydroxylation sites is 1. The summed E-state index contributed by atoms with van der Waals surface area (Å²) in [4.78, 5) is 17.0. The van der Waals surface area contributed by atoms with Crippen LogP contribution in [0.1, 0.15) is 30.0 Å². The van der Waals surface area contributed by atoms with Crippen LogP contribution in [0.15, 0.2) is 54.6 Å². The lowest BCUT2D eigenvalue weighted by Crippen LogP contribution is -2.48. The van der Waals surface area contributed by atoms with Gasteiger partial charge in [-0.3, -0.25) is 4.79 Å². The first kappa shape index (κ1) is 23.3. The summed E-state index contributed by atoms with van der Waals surface area (Å²) in [5, 5.41) is 0. The number of piperidine rings is 1. The van der Waals surface area contributed by atoms with Gasteiger partial charge in [-0.05, 0) is 37.5 Å². The standard InChI is InChI=1S/C21H27N3O.2ClH/c1-16-8-10-17(11-9-16)20(22)21(25)24-14-12-19(13-15-24)23(2)18-6-4-3-5-7-18;;/h3-11,19-20H,12-15,22H2,1-2H3;2*1H. The van der Waals surface area contributed by atoms with E-state index in [9.17, 15) is 4.79 Å². The third kappa shape index (κ3) is 5.61. The van der Waals surface area contributed by atoms with Gasteiger partial charge in [0.2, 0.25) is 5.91 Å². The van der Waals surface area contributed by atoms with Gasteiger partial charge >= 0.3 is 0 Å². The largest absolute Gasteiger partial charge is 0.371 e. The van der Waals surface area contributed by atoms with E-state index in [1.807, 2.05) is 42.2 Å². The smallest absolute Gasteiger partial charge is 0.244 e.